The van der Waals surface area contributed by atoms with Gasteiger partial charge in [-0.3, -0.25) is 9.69 Å². The maximum Gasteiger partial charge on any atom is 0.239 e. The molecule has 1 N–H and O–H groups in total. The molecule has 3 aliphatic heterocycles. The summed E-state index contributed by atoms with van der Waals surface area (Å²) in [5, 5.41) is 3.45. The Morgan fingerprint density at radius 2 is 1.81 bits per heavy atom. The summed E-state index contributed by atoms with van der Waals surface area (Å²) in [6.45, 7) is 5.00. The lowest BCUT2D eigenvalue weighted by Gasteiger charge is -2.51. The highest BCUT2D eigenvalue weighted by atomic mass is 16.5. The summed E-state index contributed by atoms with van der Waals surface area (Å²) in [6.07, 6.45) is 6.19. The van der Waals surface area contributed by atoms with E-state index in [1.54, 1.807) is 0 Å². The normalized spacial score (nSPS) is 35.5. The van der Waals surface area contributed by atoms with Crippen LogP contribution in [0.5, 0.6) is 0 Å². The molecule has 5 nitrogen and oxygen atoms in total. The molecule has 3 atom stereocenters. The first-order valence-electron chi connectivity index (χ1n) is 8.52. The van der Waals surface area contributed by atoms with Crippen molar-refractivity contribution in [2.45, 2.75) is 63.2 Å². The van der Waals surface area contributed by atoms with Crippen LogP contribution in [-0.2, 0) is 9.53 Å². The number of hydrogen-bond acceptors (Lipinski definition) is 4. The zero-order chi connectivity index (χ0) is 14.8. The van der Waals surface area contributed by atoms with E-state index in [9.17, 15) is 4.79 Å². The fourth-order valence-electron chi connectivity index (χ4n) is 4.46. The lowest BCUT2D eigenvalue weighted by atomic mass is 9.80. The number of nitrogens with zero attached hydrogens (tertiary/aromatic N) is 2. The summed E-state index contributed by atoms with van der Waals surface area (Å²) in [7, 11) is 2.07. The number of ether oxygens (including phenoxy) is 1. The lowest BCUT2D eigenvalue weighted by molar-refractivity contribution is -0.145. The Morgan fingerprint density at radius 1 is 1.19 bits per heavy atom. The average molecular weight is 295 g/mol. The third-order valence-electron chi connectivity index (χ3n) is 5.57. The minimum atomic E-state index is 0.0243. The molecule has 0 spiro atoms. The van der Waals surface area contributed by atoms with E-state index in [0.29, 0.717) is 37.2 Å². The Morgan fingerprint density at radius 3 is 2.38 bits per heavy atom. The minimum Gasteiger partial charge on any atom is -0.378 e. The van der Waals surface area contributed by atoms with E-state index in [0.717, 1.165) is 13.1 Å². The first-order valence-corrected chi connectivity index (χ1v) is 8.52. The number of fused-ring (bicyclic) bond motifs is 2. The molecule has 21 heavy (non-hydrogen) atoms. The molecule has 0 aromatic heterocycles. The van der Waals surface area contributed by atoms with Crippen LogP contribution < -0.4 is 5.32 Å². The molecule has 0 saturated carbocycles. The van der Waals surface area contributed by atoms with Crippen molar-refractivity contribution in [3.8, 4) is 0 Å². The van der Waals surface area contributed by atoms with Crippen molar-refractivity contribution in [3.05, 3.63) is 0 Å². The quantitative estimate of drug-likeness (QED) is 0.838. The van der Waals surface area contributed by atoms with Crippen molar-refractivity contribution < 1.29 is 9.53 Å². The molecule has 5 heteroatoms. The molecule has 3 heterocycles. The van der Waals surface area contributed by atoms with Gasteiger partial charge in [0.1, 0.15) is 0 Å². The smallest absolute Gasteiger partial charge is 0.239 e. The third kappa shape index (κ3) is 3.10. The Kier molecular flexibility index (Phi) is 4.82. The minimum absolute atomic E-state index is 0.0243. The number of morpholine rings is 1. The summed E-state index contributed by atoms with van der Waals surface area (Å²) in [6, 6.07) is 1.81. The average Bonchev–Trinajstić information content (AvgIpc) is 2.53. The Labute approximate surface area is 128 Å². The van der Waals surface area contributed by atoms with Gasteiger partial charge >= 0.3 is 0 Å². The first kappa shape index (κ1) is 15.3. The SMILES string of the molecule is CNC1CC2CCCC(C1)N2C(C)C(=O)N1CCOCC1. The van der Waals surface area contributed by atoms with E-state index in [1.807, 2.05) is 4.90 Å². The molecule has 0 aromatic carbocycles. The van der Waals surface area contributed by atoms with Gasteiger partial charge in [0.05, 0.1) is 19.3 Å². The summed E-state index contributed by atoms with van der Waals surface area (Å²) >= 11 is 0. The summed E-state index contributed by atoms with van der Waals surface area (Å²) in [5.74, 6) is 0.304. The van der Waals surface area contributed by atoms with Gasteiger partial charge in [-0.25, -0.2) is 0 Å². The zero-order valence-corrected chi connectivity index (χ0v) is 13.4. The molecule has 0 aromatic rings. The number of nitrogens with one attached hydrogen (secondary N) is 1. The number of piperidine rings is 2. The largest absolute Gasteiger partial charge is 0.378 e. The number of hydrogen-bond donors (Lipinski definition) is 1. The molecular formula is C16H29N3O2. The first-order chi connectivity index (χ1) is 10.2. The van der Waals surface area contributed by atoms with E-state index >= 15 is 0 Å². The van der Waals surface area contributed by atoms with E-state index in [2.05, 4.69) is 24.2 Å². The Hall–Kier alpha value is -0.650. The zero-order valence-electron chi connectivity index (χ0n) is 13.4. The van der Waals surface area contributed by atoms with E-state index in [1.165, 1.54) is 32.1 Å². The number of rotatable bonds is 3. The fraction of sp³-hybridized carbons (Fsp3) is 0.938. The number of carbonyl (C=O) groups is 1. The van der Waals surface area contributed by atoms with Crippen LogP contribution in [0.1, 0.15) is 39.0 Å². The van der Waals surface area contributed by atoms with Crippen LogP contribution in [0.4, 0.5) is 0 Å². The standard InChI is InChI=1S/C16H29N3O2/c1-12(16(20)18-6-8-21-9-7-18)19-14-4-3-5-15(19)11-13(10-14)17-2/h12-15,17H,3-11H2,1-2H3. The predicted molar refractivity (Wildman–Crippen MR) is 82.2 cm³/mol. The van der Waals surface area contributed by atoms with Crippen LogP contribution in [-0.4, -0.2) is 73.2 Å². The molecule has 3 fully saturated rings. The second-order valence-electron chi connectivity index (χ2n) is 6.76. The highest BCUT2D eigenvalue weighted by Gasteiger charge is 2.42. The lowest BCUT2D eigenvalue weighted by Crippen LogP contribution is -2.62. The summed E-state index contributed by atoms with van der Waals surface area (Å²) in [4.78, 5) is 17.3. The maximum absolute atomic E-state index is 12.8. The van der Waals surface area contributed by atoms with Gasteiger partial charge in [0.25, 0.3) is 0 Å². The molecule has 0 radical (unpaired) electrons. The molecule has 2 bridgehead atoms. The van der Waals surface area contributed by atoms with Gasteiger partial charge in [0.2, 0.25) is 5.91 Å². The van der Waals surface area contributed by atoms with Crippen molar-refractivity contribution in [2.24, 2.45) is 0 Å². The van der Waals surface area contributed by atoms with Crippen LogP contribution in [0, 0.1) is 0 Å². The van der Waals surface area contributed by atoms with Crippen molar-refractivity contribution in [2.75, 3.05) is 33.4 Å². The van der Waals surface area contributed by atoms with Crippen LogP contribution in [0.25, 0.3) is 0 Å². The highest BCUT2D eigenvalue weighted by Crippen LogP contribution is 2.35. The molecular weight excluding hydrogens is 266 g/mol. The maximum atomic E-state index is 12.8. The van der Waals surface area contributed by atoms with Gasteiger partial charge in [-0.05, 0) is 39.7 Å². The molecule has 1 amide bonds. The van der Waals surface area contributed by atoms with E-state index in [4.69, 9.17) is 4.74 Å². The van der Waals surface area contributed by atoms with Crippen molar-refractivity contribution in [1.29, 1.82) is 0 Å². The third-order valence-corrected chi connectivity index (χ3v) is 5.57. The molecule has 120 valence electrons. The van der Waals surface area contributed by atoms with Crippen molar-refractivity contribution >= 4 is 5.91 Å². The second-order valence-corrected chi connectivity index (χ2v) is 6.76. The van der Waals surface area contributed by atoms with E-state index < -0.39 is 0 Å². The monoisotopic (exact) mass is 295 g/mol. The molecule has 3 rings (SSSR count). The highest BCUT2D eigenvalue weighted by molar-refractivity contribution is 5.81. The Balaban J connectivity index is 1.68. The Bertz CT molecular complexity index is 357. The van der Waals surface area contributed by atoms with Crippen LogP contribution in [0.15, 0.2) is 0 Å². The van der Waals surface area contributed by atoms with Gasteiger partial charge in [-0.2, -0.15) is 0 Å². The molecule has 3 saturated heterocycles. The van der Waals surface area contributed by atoms with Crippen LogP contribution in [0.3, 0.4) is 0 Å². The van der Waals surface area contributed by atoms with Gasteiger partial charge in [0, 0.05) is 31.2 Å². The van der Waals surface area contributed by atoms with Crippen LogP contribution >= 0.6 is 0 Å². The molecule has 3 unspecified atom stereocenters. The number of carbonyl (C=O) groups excluding carboxylic acids is 1. The van der Waals surface area contributed by atoms with Crippen molar-refractivity contribution in [1.82, 2.24) is 15.1 Å². The van der Waals surface area contributed by atoms with Crippen LogP contribution in [0.2, 0.25) is 0 Å². The molecule has 3 aliphatic rings. The van der Waals surface area contributed by atoms with Gasteiger partial charge < -0.3 is 15.0 Å². The fourth-order valence-corrected chi connectivity index (χ4v) is 4.46. The topological polar surface area (TPSA) is 44.8 Å². The van der Waals surface area contributed by atoms with Gasteiger partial charge in [-0.1, -0.05) is 6.42 Å². The molecule has 0 aliphatic carbocycles. The van der Waals surface area contributed by atoms with E-state index in [-0.39, 0.29) is 6.04 Å². The second kappa shape index (κ2) is 6.63. The summed E-state index contributed by atoms with van der Waals surface area (Å²) in [5.41, 5.74) is 0. The predicted octanol–water partition coefficient (Wildman–Crippen LogP) is 0.839. The van der Waals surface area contributed by atoms with Gasteiger partial charge in [-0.15, -0.1) is 0 Å². The number of amides is 1. The van der Waals surface area contributed by atoms with Crippen molar-refractivity contribution in [3.63, 3.8) is 0 Å². The van der Waals surface area contributed by atoms with Gasteiger partial charge in [0.15, 0.2) is 0 Å². The summed E-state index contributed by atoms with van der Waals surface area (Å²) < 4.78 is 5.36.